The fraction of sp³-hybridized carbons (Fsp3) is 0.263. The summed E-state index contributed by atoms with van der Waals surface area (Å²) in [5.74, 6) is 0.0263. The van der Waals surface area contributed by atoms with E-state index in [0.29, 0.717) is 30.0 Å². The van der Waals surface area contributed by atoms with Crippen molar-refractivity contribution < 1.29 is 18.7 Å². The van der Waals surface area contributed by atoms with Gasteiger partial charge < -0.3 is 19.1 Å². The van der Waals surface area contributed by atoms with Gasteiger partial charge in [0.1, 0.15) is 5.52 Å². The summed E-state index contributed by atoms with van der Waals surface area (Å²) < 4.78 is 23.2. The molecule has 0 aliphatic carbocycles. The molecule has 2 aromatic heterocycles. The number of pyridine rings is 1. The van der Waals surface area contributed by atoms with Crippen LogP contribution in [-0.4, -0.2) is 34.5 Å². The van der Waals surface area contributed by atoms with Gasteiger partial charge in [0.25, 0.3) is 0 Å². The zero-order chi connectivity index (χ0) is 19.3. The fourth-order valence-corrected chi connectivity index (χ4v) is 4.42. The van der Waals surface area contributed by atoms with Crippen LogP contribution in [0.25, 0.3) is 11.0 Å². The molecular weight excluding hydrogens is 365 g/mol. The van der Waals surface area contributed by atoms with Gasteiger partial charge in [-0.15, -0.1) is 0 Å². The average Bonchev–Trinajstić information content (AvgIpc) is 2.96. The molecule has 0 saturated carbocycles. The van der Waals surface area contributed by atoms with Crippen LogP contribution in [0.5, 0.6) is 5.88 Å². The number of nitrogens with zero attached hydrogens (tertiary/aromatic N) is 2. The maximum absolute atomic E-state index is 12.6. The van der Waals surface area contributed by atoms with Crippen molar-refractivity contribution in [1.82, 2.24) is 9.97 Å². The molecule has 0 radical (unpaired) electrons. The minimum Gasteiger partial charge on any atom is -0.494 e. The van der Waals surface area contributed by atoms with Crippen molar-refractivity contribution >= 4 is 30.5 Å². The van der Waals surface area contributed by atoms with Gasteiger partial charge in [0, 0.05) is 12.4 Å². The molecule has 0 amide bonds. The Kier molecular flexibility index (Phi) is 6.06. The number of hydrogen-bond acceptors (Lipinski definition) is 6. The normalized spacial score (nSPS) is 12.2. The molecule has 2 heterocycles. The van der Waals surface area contributed by atoms with E-state index in [-0.39, 0.29) is 12.0 Å². The van der Waals surface area contributed by atoms with E-state index in [1.807, 2.05) is 30.3 Å². The second-order valence-corrected chi connectivity index (χ2v) is 7.87. The molecule has 3 aromatic rings. The Morgan fingerprint density at radius 1 is 1.19 bits per heavy atom. The minimum absolute atomic E-state index is 0.0263. The maximum atomic E-state index is 12.6. The fourth-order valence-electron chi connectivity index (χ4n) is 2.72. The third-order valence-corrected chi connectivity index (χ3v) is 5.93. The molecule has 142 valence electrons. The second-order valence-electron chi connectivity index (χ2n) is 5.82. The Morgan fingerprint density at radius 3 is 2.56 bits per heavy atom. The second kappa shape index (κ2) is 8.48. The number of fused-ring (bicyclic) bond motifs is 1. The van der Waals surface area contributed by atoms with Gasteiger partial charge in [-0.1, -0.05) is 12.1 Å². The van der Waals surface area contributed by atoms with E-state index in [0.717, 1.165) is 11.1 Å². The zero-order valence-corrected chi connectivity index (χ0v) is 16.1. The van der Waals surface area contributed by atoms with Crippen molar-refractivity contribution in [1.29, 1.82) is 0 Å². The van der Waals surface area contributed by atoms with Crippen molar-refractivity contribution in [2.75, 3.05) is 13.2 Å². The first-order valence-electron chi connectivity index (χ1n) is 8.71. The highest BCUT2D eigenvalue weighted by molar-refractivity contribution is 7.53. The Labute approximate surface area is 157 Å². The summed E-state index contributed by atoms with van der Waals surface area (Å²) in [4.78, 5) is 11.5. The smallest absolute Gasteiger partial charge is 0.335 e. The van der Waals surface area contributed by atoms with E-state index >= 15 is 0 Å². The molecule has 2 N–H and O–H groups in total. The first-order chi connectivity index (χ1) is 13.0. The highest BCUT2D eigenvalue weighted by atomic mass is 31.2. The van der Waals surface area contributed by atoms with Crippen LogP contribution in [0, 0.1) is 0 Å². The van der Waals surface area contributed by atoms with Crippen LogP contribution >= 0.6 is 7.60 Å². The molecule has 27 heavy (non-hydrogen) atoms. The molecule has 0 bridgehead atoms. The molecule has 3 rings (SSSR count). The number of aromatic nitrogens is 2. The summed E-state index contributed by atoms with van der Waals surface area (Å²) >= 11 is 0. The van der Waals surface area contributed by atoms with Crippen LogP contribution in [0.4, 0.5) is 5.69 Å². The predicted molar refractivity (Wildman–Crippen MR) is 106 cm³/mol. The number of benzene rings is 1. The van der Waals surface area contributed by atoms with Crippen molar-refractivity contribution in [2.45, 2.75) is 20.0 Å². The van der Waals surface area contributed by atoms with E-state index in [1.54, 1.807) is 32.3 Å². The van der Waals surface area contributed by atoms with Crippen LogP contribution in [-0.2, 0) is 19.8 Å². The molecule has 8 heteroatoms. The molecule has 0 aliphatic heterocycles. The van der Waals surface area contributed by atoms with E-state index in [4.69, 9.17) is 9.05 Å². The lowest BCUT2D eigenvalue weighted by Crippen LogP contribution is -1.98. The average molecular weight is 387 g/mol. The summed E-state index contributed by atoms with van der Waals surface area (Å²) in [5.41, 5.74) is 3.48. The lowest BCUT2D eigenvalue weighted by atomic mass is 10.2. The Hall–Kier alpha value is -2.47. The highest BCUT2D eigenvalue weighted by Crippen LogP contribution is 2.51. The lowest BCUT2D eigenvalue weighted by Gasteiger charge is -2.16. The monoisotopic (exact) mass is 387 g/mol. The standard InChI is InChI=1S/C19H22N3O4P/c1-3-25-27(24,26-4-2)13-14-7-9-15(10-8-14)21-12-16-18-17(22-19(16)23)6-5-11-20-18/h5-12,22-23H,3-4,13H2,1-2H3. The van der Waals surface area contributed by atoms with E-state index in [1.165, 1.54) is 0 Å². The van der Waals surface area contributed by atoms with Gasteiger partial charge in [0.15, 0.2) is 5.88 Å². The van der Waals surface area contributed by atoms with Crippen LogP contribution in [0.3, 0.4) is 0 Å². The van der Waals surface area contributed by atoms with Gasteiger partial charge in [0.05, 0.1) is 36.1 Å². The summed E-state index contributed by atoms with van der Waals surface area (Å²) in [6.45, 7) is 4.25. The molecule has 0 spiro atoms. The Bertz CT molecular complexity index is 972. The zero-order valence-electron chi connectivity index (χ0n) is 15.3. The van der Waals surface area contributed by atoms with Crippen LogP contribution in [0.2, 0.25) is 0 Å². The van der Waals surface area contributed by atoms with Crippen molar-refractivity contribution in [2.24, 2.45) is 4.99 Å². The summed E-state index contributed by atoms with van der Waals surface area (Å²) in [6.07, 6.45) is 3.45. The third kappa shape index (κ3) is 4.63. The SMILES string of the molecule is CCOP(=O)(Cc1ccc(N=Cc2c(O)[nH]c3cccnc23)cc1)OCC. The summed E-state index contributed by atoms with van der Waals surface area (Å²) in [6, 6.07) is 10.9. The van der Waals surface area contributed by atoms with Gasteiger partial charge in [-0.05, 0) is 43.7 Å². The summed E-state index contributed by atoms with van der Waals surface area (Å²) in [5, 5.41) is 10.0. The van der Waals surface area contributed by atoms with Crippen molar-refractivity contribution in [3.05, 3.63) is 53.7 Å². The molecule has 1 aromatic carbocycles. The lowest BCUT2D eigenvalue weighted by molar-refractivity contribution is 0.219. The van der Waals surface area contributed by atoms with Gasteiger partial charge in [0.2, 0.25) is 0 Å². The maximum Gasteiger partial charge on any atom is 0.335 e. The molecule has 0 fully saturated rings. The van der Waals surface area contributed by atoms with Crippen molar-refractivity contribution in [3.63, 3.8) is 0 Å². The van der Waals surface area contributed by atoms with Crippen LogP contribution in [0.15, 0.2) is 47.6 Å². The third-order valence-electron chi connectivity index (χ3n) is 3.88. The number of hydrogen-bond donors (Lipinski definition) is 2. The van der Waals surface area contributed by atoms with Gasteiger partial charge >= 0.3 is 7.60 Å². The van der Waals surface area contributed by atoms with E-state index in [2.05, 4.69) is 15.0 Å². The molecule has 0 saturated heterocycles. The first-order valence-corrected chi connectivity index (χ1v) is 10.4. The molecular formula is C19H22N3O4P. The minimum atomic E-state index is -3.13. The molecule has 0 unspecified atom stereocenters. The number of H-pyrrole nitrogens is 1. The molecule has 0 atom stereocenters. The van der Waals surface area contributed by atoms with Gasteiger partial charge in [-0.2, -0.15) is 0 Å². The number of rotatable bonds is 8. The summed E-state index contributed by atoms with van der Waals surface area (Å²) in [7, 11) is -3.13. The predicted octanol–water partition coefficient (Wildman–Crippen LogP) is 4.79. The first kappa shape index (κ1) is 19.3. The number of aromatic amines is 1. The molecule has 7 nitrogen and oxygen atoms in total. The Morgan fingerprint density at radius 2 is 1.89 bits per heavy atom. The number of aliphatic imine (C=N–C) groups is 1. The number of nitrogens with one attached hydrogen (secondary N) is 1. The topological polar surface area (TPSA) is 96.8 Å². The van der Waals surface area contributed by atoms with Crippen LogP contribution in [0.1, 0.15) is 25.0 Å². The van der Waals surface area contributed by atoms with Gasteiger partial charge in [-0.25, -0.2) is 0 Å². The van der Waals surface area contributed by atoms with E-state index in [9.17, 15) is 9.67 Å². The highest BCUT2D eigenvalue weighted by Gasteiger charge is 2.23. The molecule has 0 aliphatic rings. The van der Waals surface area contributed by atoms with Crippen LogP contribution < -0.4 is 0 Å². The van der Waals surface area contributed by atoms with Gasteiger partial charge in [-0.3, -0.25) is 14.5 Å². The quantitative estimate of drug-likeness (QED) is 0.428. The largest absolute Gasteiger partial charge is 0.494 e. The van der Waals surface area contributed by atoms with Crippen molar-refractivity contribution in [3.8, 4) is 5.88 Å². The Balaban J connectivity index is 1.76. The van der Waals surface area contributed by atoms with E-state index < -0.39 is 7.60 Å². The number of aromatic hydroxyl groups is 1.